The zero-order valence-corrected chi connectivity index (χ0v) is 21.8. The van der Waals surface area contributed by atoms with Crippen LogP contribution in [0.15, 0.2) is 18.2 Å². The van der Waals surface area contributed by atoms with Crippen molar-refractivity contribution < 1.29 is 27.4 Å². The number of nitrogens with one attached hydrogen (secondary N) is 1. The number of likely N-dealkylation sites (N-methyl/N-ethyl adjacent to an activating group) is 1. The first kappa shape index (κ1) is 26.7. The smallest absolute Gasteiger partial charge is 0.257 e. The van der Waals surface area contributed by atoms with Gasteiger partial charge in [0.1, 0.15) is 12.4 Å². The van der Waals surface area contributed by atoms with Crippen molar-refractivity contribution >= 4 is 21.6 Å². The number of hydrogen-bond acceptors (Lipinski definition) is 7. The first-order chi connectivity index (χ1) is 16.1. The predicted octanol–water partition coefficient (Wildman–Crippen LogP) is 2.29. The van der Waals surface area contributed by atoms with Gasteiger partial charge in [-0.3, -0.25) is 14.4 Å². The molecule has 2 heterocycles. The highest BCUT2D eigenvalue weighted by Gasteiger charge is 2.30. The van der Waals surface area contributed by atoms with Crippen LogP contribution in [0.2, 0.25) is 0 Å². The van der Waals surface area contributed by atoms with E-state index < -0.39 is 10.0 Å². The molecule has 0 saturated carbocycles. The SMILES string of the molecule is CO[C@H]1CN(C)C(=O)c2ccc(NS(C)(=O)=O)cc2OC[C@@H](C)N(CC2CCOCC2)C[C@@H]1C. The molecule has 1 amide bonds. The zero-order chi connectivity index (χ0) is 24.9. The Kier molecular flexibility index (Phi) is 9.20. The number of benzene rings is 1. The van der Waals surface area contributed by atoms with Crippen LogP contribution in [-0.2, 0) is 19.5 Å². The summed E-state index contributed by atoms with van der Waals surface area (Å²) in [7, 11) is -0.0127. The number of rotatable bonds is 5. The van der Waals surface area contributed by atoms with E-state index in [-0.39, 0.29) is 24.0 Å². The van der Waals surface area contributed by atoms with Crippen LogP contribution < -0.4 is 9.46 Å². The maximum Gasteiger partial charge on any atom is 0.257 e. The lowest BCUT2D eigenvalue weighted by molar-refractivity contribution is 0.0000256. The molecule has 1 aromatic rings. The summed E-state index contributed by atoms with van der Waals surface area (Å²) >= 11 is 0. The number of anilines is 1. The first-order valence-corrected chi connectivity index (χ1v) is 13.8. The summed E-state index contributed by atoms with van der Waals surface area (Å²) in [6, 6.07) is 4.87. The van der Waals surface area contributed by atoms with Gasteiger partial charge in [-0.2, -0.15) is 0 Å². The Bertz CT molecular complexity index is 935. The van der Waals surface area contributed by atoms with Crippen molar-refractivity contribution in [3.8, 4) is 5.75 Å². The van der Waals surface area contributed by atoms with Crippen LogP contribution in [-0.4, -0.2) is 96.1 Å². The van der Waals surface area contributed by atoms with Gasteiger partial charge >= 0.3 is 0 Å². The molecule has 1 saturated heterocycles. The quantitative estimate of drug-likeness (QED) is 0.667. The van der Waals surface area contributed by atoms with E-state index in [0.29, 0.717) is 36.1 Å². The molecule has 3 atom stereocenters. The van der Waals surface area contributed by atoms with Crippen LogP contribution in [0.5, 0.6) is 5.75 Å². The Morgan fingerprint density at radius 2 is 1.88 bits per heavy atom. The van der Waals surface area contributed by atoms with Crippen molar-refractivity contribution in [3.05, 3.63) is 23.8 Å². The van der Waals surface area contributed by atoms with Crippen LogP contribution in [0, 0.1) is 11.8 Å². The Morgan fingerprint density at radius 3 is 2.53 bits per heavy atom. The molecule has 0 bridgehead atoms. The normalized spacial score (nSPS) is 26.2. The maximum absolute atomic E-state index is 13.3. The number of hydrogen-bond donors (Lipinski definition) is 1. The van der Waals surface area contributed by atoms with Crippen molar-refractivity contribution in [2.75, 3.05) is 64.6 Å². The van der Waals surface area contributed by atoms with Gasteiger partial charge in [0.05, 0.1) is 23.6 Å². The van der Waals surface area contributed by atoms with Gasteiger partial charge in [-0.1, -0.05) is 6.92 Å². The number of nitrogens with zero attached hydrogens (tertiary/aromatic N) is 2. The lowest BCUT2D eigenvalue weighted by Gasteiger charge is -2.38. The Hall–Kier alpha value is -1.88. The Morgan fingerprint density at radius 1 is 1.18 bits per heavy atom. The molecule has 34 heavy (non-hydrogen) atoms. The number of sulfonamides is 1. The van der Waals surface area contributed by atoms with E-state index in [9.17, 15) is 13.2 Å². The van der Waals surface area contributed by atoms with Crippen LogP contribution in [0.4, 0.5) is 5.69 Å². The molecule has 2 aliphatic rings. The van der Waals surface area contributed by atoms with Gasteiger partial charge in [-0.25, -0.2) is 8.42 Å². The highest BCUT2D eigenvalue weighted by molar-refractivity contribution is 7.92. The molecular weight excluding hydrogens is 458 g/mol. The van der Waals surface area contributed by atoms with Gasteiger partial charge in [-0.05, 0) is 43.7 Å². The summed E-state index contributed by atoms with van der Waals surface area (Å²) in [6.45, 7) is 8.49. The van der Waals surface area contributed by atoms with Gasteiger partial charge in [0.2, 0.25) is 10.0 Å². The summed E-state index contributed by atoms with van der Waals surface area (Å²) in [5, 5.41) is 0. The molecule has 2 aliphatic heterocycles. The number of fused-ring (bicyclic) bond motifs is 1. The van der Waals surface area contributed by atoms with Crippen molar-refractivity contribution in [1.29, 1.82) is 0 Å². The molecule has 0 spiro atoms. The van der Waals surface area contributed by atoms with E-state index in [1.54, 1.807) is 37.3 Å². The third-order valence-corrected chi connectivity index (χ3v) is 7.32. The molecule has 0 aromatic heterocycles. The van der Waals surface area contributed by atoms with E-state index in [1.165, 1.54) is 0 Å². The monoisotopic (exact) mass is 497 g/mol. The van der Waals surface area contributed by atoms with E-state index in [2.05, 4.69) is 23.5 Å². The van der Waals surface area contributed by atoms with Crippen molar-refractivity contribution in [2.45, 2.75) is 38.8 Å². The van der Waals surface area contributed by atoms with Gasteiger partial charge in [-0.15, -0.1) is 0 Å². The lowest BCUT2D eigenvalue weighted by atomic mass is 9.96. The summed E-state index contributed by atoms with van der Waals surface area (Å²) in [5.74, 6) is 0.954. The summed E-state index contributed by atoms with van der Waals surface area (Å²) in [6.07, 6.45) is 3.07. The molecule has 10 heteroatoms. The van der Waals surface area contributed by atoms with Crippen LogP contribution >= 0.6 is 0 Å². The zero-order valence-electron chi connectivity index (χ0n) is 21.0. The third kappa shape index (κ3) is 7.31. The fourth-order valence-corrected chi connectivity index (χ4v) is 5.19. The number of ether oxygens (including phenoxy) is 3. The molecule has 1 fully saturated rings. The number of carbonyl (C=O) groups is 1. The number of methoxy groups -OCH3 is 1. The second kappa shape index (κ2) is 11.7. The molecule has 0 aliphatic carbocycles. The predicted molar refractivity (Wildman–Crippen MR) is 132 cm³/mol. The van der Waals surface area contributed by atoms with Gasteiger partial charge in [0, 0.05) is 59.1 Å². The second-order valence-electron chi connectivity index (χ2n) is 9.69. The highest BCUT2D eigenvalue weighted by atomic mass is 32.2. The minimum atomic E-state index is -3.46. The fourth-order valence-electron chi connectivity index (χ4n) is 4.64. The van der Waals surface area contributed by atoms with Crippen molar-refractivity contribution in [2.24, 2.45) is 11.8 Å². The molecule has 0 unspecified atom stereocenters. The van der Waals surface area contributed by atoms with Crippen LogP contribution in [0.1, 0.15) is 37.0 Å². The van der Waals surface area contributed by atoms with Gasteiger partial charge in [0.15, 0.2) is 0 Å². The van der Waals surface area contributed by atoms with Gasteiger partial charge < -0.3 is 19.1 Å². The molecule has 1 aromatic carbocycles. The maximum atomic E-state index is 13.3. The average molecular weight is 498 g/mol. The molecule has 3 rings (SSSR count). The Labute approximate surface area is 203 Å². The third-order valence-electron chi connectivity index (χ3n) is 6.71. The molecule has 0 radical (unpaired) electrons. The summed E-state index contributed by atoms with van der Waals surface area (Å²) in [5.41, 5.74) is 0.756. The largest absolute Gasteiger partial charge is 0.491 e. The van der Waals surface area contributed by atoms with Crippen molar-refractivity contribution in [3.63, 3.8) is 0 Å². The van der Waals surface area contributed by atoms with E-state index in [4.69, 9.17) is 14.2 Å². The minimum absolute atomic E-state index is 0.0921. The average Bonchev–Trinajstić information content (AvgIpc) is 2.79. The number of amides is 1. The molecular formula is C24H39N3O6S. The number of carbonyl (C=O) groups excluding carboxylic acids is 1. The minimum Gasteiger partial charge on any atom is -0.491 e. The Balaban J connectivity index is 1.91. The first-order valence-electron chi connectivity index (χ1n) is 11.9. The molecule has 9 nitrogen and oxygen atoms in total. The second-order valence-corrected chi connectivity index (χ2v) is 11.4. The summed E-state index contributed by atoms with van der Waals surface area (Å²) in [4.78, 5) is 17.4. The lowest BCUT2D eigenvalue weighted by Crippen LogP contribution is -2.48. The van der Waals surface area contributed by atoms with E-state index >= 15 is 0 Å². The topological polar surface area (TPSA) is 97.4 Å². The standard InChI is InChI=1S/C24H39N3O6S/c1-17-13-27(14-19-8-10-32-11-9-19)18(2)16-33-22-12-20(25-34(5,29)30)6-7-21(22)24(28)26(3)15-23(17)31-4/h6-7,12,17-19,23,25H,8-11,13-16H2,1-5H3/t17-,18+,23-/m0/s1. The fraction of sp³-hybridized carbons (Fsp3) is 0.708. The van der Waals surface area contributed by atoms with Crippen LogP contribution in [0.25, 0.3) is 0 Å². The van der Waals surface area contributed by atoms with Gasteiger partial charge in [0.25, 0.3) is 5.91 Å². The highest BCUT2D eigenvalue weighted by Crippen LogP contribution is 2.28. The van der Waals surface area contributed by atoms with E-state index in [0.717, 1.165) is 45.4 Å². The van der Waals surface area contributed by atoms with E-state index in [1.807, 2.05) is 0 Å². The molecule has 1 N–H and O–H groups in total. The van der Waals surface area contributed by atoms with Crippen molar-refractivity contribution in [1.82, 2.24) is 9.80 Å². The van der Waals surface area contributed by atoms with Crippen LogP contribution in [0.3, 0.4) is 0 Å². The summed E-state index contributed by atoms with van der Waals surface area (Å²) < 4.78 is 43.4. The molecule has 192 valence electrons.